The van der Waals surface area contributed by atoms with Crippen LogP contribution in [0.4, 0.5) is 0 Å². The number of hydrogen-bond acceptors (Lipinski definition) is 0. The first-order valence-electron chi connectivity index (χ1n) is 6.35. The molecule has 3 rings (SSSR count). The monoisotopic (exact) mass is 386 g/mol. The van der Waals surface area contributed by atoms with E-state index in [2.05, 4.69) is 92.5 Å². The molecule has 20 heavy (non-hydrogen) atoms. The molecule has 3 aromatic carbocycles. The third kappa shape index (κ3) is 2.87. The maximum absolute atomic E-state index is 3.60. The molecule has 2 heteroatoms. The average molecular weight is 388 g/mol. The van der Waals surface area contributed by atoms with Gasteiger partial charge in [-0.15, -0.1) is 0 Å². The minimum Gasteiger partial charge on any atom is -0.0616 e. The standard InChI is InChI=1S/C18H12Br2/c19-16-5-3-4-15(12-16)13-8-10-14(11-9-13)17-6-1-2-7-18(17)20/h1-12H. The third-order valence-corrected chi connectivity index (χ3v) is 4.41. The number of hydrogen-bond donors (Lipinski definition) is 0. The minimum absolute atomic E-state index is 1.10. The molecule has 0 saturated carbocycles. The summed E-state index contributed by atoms with van der Waals surface area (Å²) in [7, 11) is 0. The van der Waals surface area contributed by atoms with Gasteiger partial charge in [0.2, 0.25) is 0 Å². The zero-order valence-electron chi connectivity index (χ0n) is 10.7. The van der Waals surface area contributed by atoms with Gasteiger partial charge >= 0.3 is 0 Å². The van der Waals surface area contributed by atoms with E-state index in [0.717, 1.165) is 8.95 Å². The van der Waals surface area contributed by atoms with Gasteiger partial charge in [0.15, 0.2) is 0 Å². The van der Waals surface area contributed by atoms with Gasteiger partial charge < -0.3 is 0 Å². The van der Waals surface area contributed by atoms with E-state index in [1.807, 2.05) is 12.1 Å². The maximum Gasteiger partial charge on any atom is 0.0253 e. The van der Waals surface area contributed by atoms with Gasteiger partial charge in [0, 0.05) is 8.95 Å². The van der Waals surface area contributed by atoms with Crippen LogP contribution in [0.3, 0.4) is 0 Å². The molecule has 0 heterocycles. The van der Waals surface area contributed by atoms with Crippen molar-refractivity contribution >= 4 is 31.9 Å². The molecule has 0 N–H and O–H groups in total. The molecule has 98 valence electrons. The van der Waals surface area contributed by atoms with Crippen molar-refractivity contribution in [2.45, 2.75) is 0 Å². The van der Waals surface area contributed by atoms with E-state index in [0.29, 0.717) is 0 Å². The molecule has 0 aliphatic carbocycles. The molecular weight excluding hydrogens is 376 g/mol. The molecule has 0 bridgehead atoms. The second kappa shape index (κ2) is 5.94. The van der Waals surface area contributed by atoms with Crippen molar-refractivity contribution < 1.29 is 0 Å². The lowest BCUT2D eigenvalue weighted by Gasteiger charge is -2.07. The van der Waals surface area contributed by atoms with Gasteiger partial charge in [0.1, 0.15) is 0 Å². The second-order valence-corrected chi connectivity index (χ2v) is 6.34. The highest BCUT2D eigenvalue weighted by molar-refractivity contribution is 9.10. The fourth-order valence-electron chi connectivity index (χ4n) is 2.21. The highest BCUT2D eigenvalue weighted by atomic mass is 79.9. The molecule has 0 radical (unpaired) electrons. The quantitative estimate of drug-likeness (QED) is 0.467. The molecule has 0 aromatic heterocycles. The van der Waals surface area contributed by atoms with Gasteiger partial charge in [-0.1, -0.05) is 86.5 Å². The van der Waals surface area contributed by atoms with Gasteiger partial charge in [-0.3, -0.25) is 0 Å². The van der Waals surface area contributed by atoms with E-state index < -0.39 is 0 Å². The Balaban J connectivity index is 1.98. The van der Waals surface area contributed by atoms with Crippen LogP contribution in [0, 0.1) is 0 Å². The Kier molecular flexibility index (Phi) is 4.04. The molecule has 3 aromatic rings. The predicted octanol–water partition coefficient (Wildman–Crippen LogP) is 6.55. The predicted molar refractivity (Wildman–Crippen MR) is 92.7 cm³/mol. The average Bonchev–Trinajstić information content (AvgIpc) is 2.48. The van der Waals surface area contributed by atoms with Crippen LogP contribution in [0.15, 0.2) is 81.7 Å². The largest absolute Gasteiger partial charge is 0.0616 e. The van der Waals surface area contributed by atoms with Gasteiger partial charge in [0.25, 0.3) is 0 Å². The second-order valence-electron chi connectivity index (χ2n) is 4.57. The maximum atomic E-state index is 3.60. The summed E-state index contributed by atoms with van der Waals surface area (Å²) in [5.41, 5.74) is 4.88. The Morgan fingerprint density at radius 3 is 1.95 bits per heavy atom. The molecule has 0 saturated heterocycles. The summed E-state index contributed by atoms with van der Waals surface area (Å²) >= 11 is 7.11. The zero-order chi connectivity index (χ0) is 13.9. The van der Waals surface area contributed by atoms with Crippen LogP contribution in [0.2, 0.25) is 0 Å². The van der Waals surface area contributed by atoms with Crippen molar-refractivity contribution in [3.8, 4) is 22.3 Å². The molecule has 0 aliphatic rings. The van der Waals surface area contributed by atoms with Crippen LogP contribution in [-0.4, -0.2) is 0 Å². The fourth-order valence-corrected chi connectivity index (χ4v) is 3.12. The van der Waals surface area contributed by atoms with Crippen LogP contribution in [0.5, 0.6) is 0 Å². The normalized spacial score (nSPS) is 10.5. The first-order chi connectivity index (χ1) is 9.74. The summed E-state index contributed by atoms with van der Waals surface area (Å²) in [6, 6.07) is 25.3. The number of halogens is 2. The van der Waals surface area contributed by atoms with Crippen LogP contribution in [0.25, 0.3) is 22.3 Å². The molecule has 0 amide bonds. The van der Waals surface area contributed by atoms with Crippen LogP contribution < -0.4 is 0 Å². The Morgan fingerprint density at radius 2 is 1.25 bits per heavy atom. The first kappa shape index (κ1) is 13.6. The van der Waals surface area contributed by atoms with Crippen LogP contribution >= 0.6 is 31.9 Å². The number of benzene rings is 3. The van der Waals surface area contributed by atoms with Crippen molar-refractivity contribution in [1.82, 2.24) is 0 Å². The summed E-state index contributed by atoms with van der Waals surface area (Å²) < 4.78 is 2.22. The van der Waals surface area contributed by atoms with E-state index in [9.17, 15) is 0 Å². The lowest BCUT2D eigenvalue weighted by molar-refractivity contribution is 1.56. The Labute approximate surface area is 135 Å². The summed E-state index contributed by atoms with van der Waals surface area (Å²) in [5.74, 6) is 0. The summed E-state index contributed by atoms with van der Waals surface area (Å²) in [5, 5.41) is 0. The molecular formula is C18H12Br2. The van der Waals surface area contributed by atoms with Crippen molar-refractivity contribution in [2.24, 2.45) is 0 Å². The third-order valence-electron chi connectivity index (χ3n) is 3.23. The Morgan fingerprint density at radius 1 is 0.550 bits per heavy atom. The smallest absolute Gasteiger partial charge is 0.0253 e. The molecule has 0 aliphatic heterocycles. The SMILES string of the molecule is Brc1cccc(-c2ccc(-c3ccccc3Br)cc2)c1. The lowest BCUT2D eigenvalue weighted by atomic mass is 10.0. The molecule has 0 spiro atoms. The van der Waals surface area contributed by atoms with Crippen molar-refractivity contribution in [2.75, 3.05) is 0 Å². The summed E-state index contributed by atoms with van der Waals surface area (Å²) in [6.07, 6.45) is 0. The zero-order valence-corrected chi connectivity index (χ0v) is 13.9. The van der Waals surface area contributed by atoms with Crippen molar-refractivity contribution in [3.05, 3.63) is 81.7 Å². The highest BCUT2D eigenvalue weighted by Gasteiger charge is 2.03. The minimum atomic E-state index is 1.10. The van der Waals surface area contributed by atoms with Crippen molar-refractivity contribution in [3.63, 3.8) is 0 Å². The lowest BCUT2D eigenvalue weighted by Crippen LogP contribution is -1.81. The van der Waals surface area contributed by atoms with Gasteiger partial charge in [-0.25, -0.2) is 0 Å². The van der Waals surface area contributed by atoms with Crippen LogP contribution in [0.1, 0.15) is 0 Å². The van der Waals surface area contributed by atoms with E-state index in [4.69, 9.17) is 0 Å². The van der Waals surface area contributed by atoms with Gasteiger partial charge in [-0.05, 0) is 40.5 Å². The highest BCUT2D eigenvalue weighted by Crippen LogP contribution is 2.30. The van der Waals surface area contributed by atoms with E-state index in [1.54, 1.807) is 0 Å². The van der Waals surface area contributed by atoms with E-state index in [-0.39, 0.29) is 0 Å². The summed E-state index contributed by atoms with van der Waals surface area (Å²) in [4.78, 5) is 0. The van der Waals surface area contributed by atoms with Gasteiger partial charge in [-0.2, -0.15) is 0 Å². The van der Waals surface area contributed by atoms with E-state index in [1.165, 1.54) is 22.3 Å². The topological polar surface area (TPSA) is 0 Å². The summed E-state index contributed by atoms with van der Waals surface area (Å²) in [6.45, 7) is 0. The van der Waals surface area contributed by atoms with E-state index >= 15 is 0 Å². The Hall–Kier alpha value is -1.38. The fraction of sp³-hybridized carbons (Fsp3) is 0. The van der Waals surface area contributed by atoms with Gasteiger partial charge in [0.05, 0.1) is 0 Å². The molecule has 0 nitrogen and oxygen atoms in total. The molecule has 0 fully saturated rings. The molecule has 0 atom stereocenters. The van der Waals surface area contributed by atoms with Crippen molar-refractivity contribution in [1.29, 1.82) is 0 Å². The van der Waals surface area contributed by atoms with Crippen LogP contribution in [-0.2, 0) is 0 Å². The number of rotatable bonds is 2. The molecule has 0 unspecified atom stereocenters. The first-order valence-corrected chi connectivity index (χ1v) is 7.93. The Bertz CT molecular complexity index is 730.